The van der Waals surface area contributed by atoms with Crippen molar-refractivity contribution in [3.05, 3.63) is 0 Å². The second kappa shape index (κ2) is 7.91. The van der Waals surface area contributed by atoms with Crippen LogP contribution in [-0.2, 0) is 42.9 Å². The summed E-state index contributed by atoms with van der Waals surface area (Å²) < 4.78 is 25.7. The molecular formula is C14H20O9. The number of ether oxygens (including phenoxy) is 5. The third kappa shape index (κ3) is 5.51. The number of carbonyl (C=O) groups excluding carboxylic acids is 4. The second-order valence-corrected chi connectivity index (χ2v) is 5.04. The molecule has 5 atom stereocenters. The van der Waals surface area contributed by atoms with Crippen LogP contribution in [-0.4, -0.2) is 54.6 Å². The topological polar surface area (TPSA) is 114 Å². The van der Waals surface area contributed by atoms with E-state index < -0.39 is 54.6 Å². The van der Waals surface area contributed by atoms with E-state index in [4.69, 9.17) is 23.7 Å². The van der Waals surface area contributed by atoms with Crippen molar-refractivity contribution in [1.82, 2.24) is 0 Å². The van der Waals surface area contributed by atoms with Crippen LogP contribution >= 0.6 is 0 Å². The molecule has 0 unspecified atom stereocenters. The maximum Gasteiger partial charge on any atom is 0.305 e. The van der Waals surface area contributed by atoms with Gasteiger partial charge >= 0.3 is 23.9 Å². The molecule has 0 aromatic rings. The number of esters is 4. The summed E-state index contributed by atoms with van der Waals surface area (Å²) >= 11 is 0. The molecular weight excluding hydrogens is 312 g/mol. The zero-order valence-corrected chi connectivity index (χ0v) is 13.6. The number of rotatable bonds is 4. The highest BCUT2D eigenvalue weighted by atomic mass is 16.7. The molecule has 130 valence electrons. The summed E-state index contributed by atoms with van der Waals surface area (Å²) in [6, 6.07) is 0. The molecule has 0 saturated carbocycles. The van der Waals surface area contributed by atoms with E-state index in [2.05, 4.69) is 0 Å². The van der Waals surface area contributed by atoms with Gasteiger partial charge in [0.15, 0.2) is 12.2 Å². The quantitative estimate of drug-likeness (QED) is 0.521. The van der Waals surface area contributed by atoms with E-state index in [1.165, 1.54) is 6.92 Å². The molecule has 0 aliphatic carbocycles. The van der Waals surface area contributed by atoms with E-state index in [9.17, 15) is 19.2 Å². The highest BCUT2D eigenvalue weighted by Gasteiger charge is 2.51. The van der Waals surface area contributed by atoms with Crippen LogP contribution in [0.25, 0.3) is 0 Å². The summed E-state index contributed by atoms with van der Waals surface area (Å²) in [5.41, 5.74) is 0. The Kier molecular flexibility index (Phi) is 6.49. The molecule has 0 N–H and O–H groups in total. The summed E-state index contributed by atoms with van der Waals surface area (Å²) in [6.07, 6.45) is -5.51. The second-order valence-electron chi connectivity index (χ2n) is 5.04. The average Bonchev–Trinajstić information content (AvgIpc) is 2.36. The van der Waals surface area contributed by atoms with Crippen molar-refractivity contribution in [2.75, 3.05) is 0 Å². The van der Waals surface area contributed by atoms with E-state index >= 15 is 0 Å². The van der Waals surface area contributed by atoms with E-state index in [-0.39, 0.29) is 0 Å². The minimum atomic E-state index is -1.29. The predicted molar refractivity (Wildman–Crippen MR) is 72.8 cm³/mol. The molecule has 1 rings (SSSR count). The Hall–Kier alpha value is -2.16. The molecule has 0 amide bonds. The van der Waals surface area contributed by atoms with Gasteiger partial charge in [-0.1, -0.05) is 0 Å². The average molecular weight is 332 g/mol. The van der Waals surface area contributed by atoms with Gasteiger partial charge in [0.2, 0.25) is 12.4 Å². The molecule has 1 heterocycles. The van der Waals surface area contributed by atoms with Gasteiger partial charge in [-0.2, -0.15) is 0 Å². The lowest BCUT2D eigenvalue weighted by atomic mass is 9.99. The first-order valence-electron chi connectivity index (χ1n) is 6.96. The predicted octanol–water partition coefficient (Wildman–Crippen LogP) is 0.0894. The van der Waals surface area contributed by atoms with Crippen LogP contribution in [0.3, 0.4) is 0 Å². The van der Waals surface area contributed by atoms with Gasteiger partial charge < -0.3 is 23.7 Å². The minimum absolute atomic E-state index is 0.630. The number of carbonyl (C=O) groups is 4. The highest BCUT2D eigenvalue weighted by Crippen LogP contribution is 2.29. The van der Waals surface area contributed by atoms with Gasteiger partial charge in [0.05, 0.1) is 6.10 Å². The Labute approximate surface area is 133 Å². The maximum atomic E-state index is 11.4. The van der Waals surface area contributed by atoms with Crippen LogP contribution in [0.15, 0.2) is 0 Å². The Bertz CT molecular complexity index is 487. The third-order valence-electron chi connectivity index (χ3n) is 2.92. The van der Waals surface area contributed by atoms with Crippen LogP contribution in [0.2, 0.25) is 0 Å². The molecule has 1 aliphatic rings. The Morgan fingerprint density at radius 2 is 1.04 bits per heavy atom. The lowest BCUT2D eigenvalue weighted by Crippen LogP contribution is -2.61. The van der Waals surface area contributed by atoms with Crippen molar-refractivity contribution in [2.45, 2.75) is 65.3 Å². The fourth-order valence-electron chi connectivity index (χ4n) is 2.23. The van der Waals surface area contributed by atoms with Crippen LogP contribution in [0, 0.1) is 0 Å². The SMILES string of the molecule is CC(=O)O[C@@H]1O[C@@H](C)[C@H](OC(C)=O)[C@@H](OC(C)=O)[C@H]1OC(C)=O. The fraction of sp³-hybridized carbons (Fsp3) is 0.714. The third-order valence-corrected chi connectivity index (χ3v) is 2.92. The van der Waals surface area contributed by atoms with Crippen molar-refractivity contribution < 1.29 is 42.9 Å². The lowest BCUT2D eigenvalue weighted by Gasteiger charge is -2.42. The molecule has 0 radical (unpaired) electrons. The molecule has 23 heavy (non-hydrogen) atoms. The highest BCUT2D eigenvalue weighted by molar-refractivity contribution is 5.69. The Morgan fingerprint density at radius 3 is 1.48 bits per heavy atom. The molecule has 1 fully saturated rings. The van der Waals surface area contributed by atoms with E-state index in [0.717, 1.165) is 20.8 Å². The summed E-state index contributed by atoms with van der Waals surface area (Å²) in [4.78, 5) is 45.1. The van der Waals surface area contributed by atoms with Gasteiger partial charge in [0.25, 0.3) is 0 Å². The van der Waals surface area contributed by atoms with Gasteiger partial charge in [-0.3, -0.25) is 19.2 Å². The monoisotopic (exact) mass is 332 g/mol. The van der Waals surface area contributed by atoms with Crippen molar-refractivity contribution in [1.29, 1.82) is 0 Å². The largest absolute Gasteiger partial charge is 0.456 e. The normalized spacial score (nSPS) is 30.0. The molecule has 9 nitrogen and oxygen atoms in total. The summed E-state index contributed by atoms with van der Waals surface area (Å²) in [7, 11) is 0. The Balaban J connectivity index is 3.15. The number of hydrogen-bond donors (Lipinski definition) is 0. The van der Waals surface area contributed by atoms with E-state index in [1.54, 1.807) is 6.92 Å². The van der Waals surface area contributed by atoms with E-state index in [1.807, 2.05) is 0 Å². The van der Waals surface area contributed by atoms with Crippen LogP contribution in [0.1, 0.15) is 34.6 Å². The van der Waals surface area contributed by atoms with Crippen LogP contribution < -0.4 is 0 Å². The summed E-state index contributed by atoms with van der Waals surface area (Å²) in [5, 5.41) is 0. The number of hydrogen-bond acceptors (Lipinski definition) is 9. The summed E-state index contributed by atoms with van der Waals surface area (Å²) in [6.45, 7) is 6.16. The Morgan fingerprint density at radius 1 is 0.652 bits per heavy atom. The molecule has 0 aromatic heterocycles. The zero-order chi connectivity index (χ0) is 17.7. The first kappa shape index (κ1) is 18.9. The molecule has 0 bridgehead atoms. The molecule has 0 spiro atoms. The van der Waals surface area contributed by atoms with E-state index in [0.29, 0.717) is 0 Å². The zero-order valence-electron chi connectivity index (χ0n) is 13.6. The fourth-order valence-corrected chi connectivity index (χ4v) is 2.23. The van der Waals surface area contributed by atoms with Gasteiger partial charge in [-0.15, -0.1) is 0 Å². The first-order valence-corrected chi connectivity index (χ1v) is 6.96. The van der Waals surface area contributed by atoms with Crippen molar-refractivity contribution in [2.24, 2.45) is 0 Å². The molecule has 1 aliphatic heterocycles. The molecule has 1 saturated heterocycles. The lowest BCUT2D eigenvalue weighted by molar-refractivity contribution is -0.292. The van der Waals surface area contributed by atoms with Crippen molar-refractivity contribution >= 4 is 23.9 Å². The van der Waals surface area contributed by atoms with Crippen LogP contribution in [0.4, 0.5) is 0 Å². The first-order chi connectivity index (χ1) is 10.6. The van der Waals surface area contributed by atoms with Gasteiger partial charge in [-0.05, 0) is 6.92 Å². The van der Waals surface area contributed by atoms with Crippen molar-refractivity contribution in [3.8, 4) is 0 Å². The summed E-state index contributed by atoms with van der Waals surface area (Å²) in [5.74, 6) is -2.69. The standard InChI is InChI=1S/C14H20O9/c1-6-11(20-7(2)15)12(21-8(3)16)13(22-9(4)17)14(19-6)23-10(5)18/h6,11-14H,1-5H3/t6-,11-,12+,13+,14-/m0/s1. The van der Waals surface area contributed by atoms with Gasteiger partial charge in [0, 0.05) is 27.7 Å². The van der Waals surface area contributed by atoms with Gasteiger partial charge in [0.1, 0.15) is 0 Å². The van der Waals surface area contributed by atoms with Gasteiger partial charge in [-0.25, -0.2) is 0 Å². The molecule has 9 heteroatoms. The van der Waals surface area contributed by atoms with Crippen LogP contribution in [0.5, 0.6) is 0 Å². The smallest absolute Gasteiger partial charge is 0.305 e. The van der Waals surface area contributed by atoms with Crippen molar-refractivity contribution in [3.63, 3.8) is 0 Å². The minimum Gasteiger partial charge on any atom is -0.456 e. The maximum absolute atomic E-state index is 11.4. The molecule has 0 aromatic carbocycles.